The van der Waals surface area contributed by atoms with Gasteiger partial charge in [0, 0.05) is 11.3 Å². The number of carbonyl (C=O) groups excluding carboxylic acids is 2. The molecule has 0 radical (unpaired) electrons. The van der Waals surface area contributed by atoms with Crippen molar-refractivity contribution in [2.75, 3.05) is 19.1 Å². The van der Waals surface area contributed by atoms with Crippen LogP contribution >= 0.6 is 0 Å². The molecule has 1 N–H and O–H groups in total. The highest BCUT2D eigenvalue weighted by molar-refractivity contribution is 6.51. The van der Waals surface area contributed by atoms with Crippen LogP contribution in [0.1, 0.15) is 61.9 Å². The zero-order valence-electron chi connectivity index (χ0n) is 23.4. The number of aryl methyl sites for hydroxylation is 1. The summed E-state index contributed by atoms with van der Waals surface area (Å²) >= 11 is 0. The van der Waals surface area contributed by atoms with Crippen LogP contribution in [0.15, 0.2) is 66.2 Å². The largest absolute Gasteiger partial charge is 0.507 e. The van der Waals surface area contributed by atoms with E-state index in [1.165, 1.54) is 19.1 Å². The van der Waals surface area contributed by atoms with Crippen LogP contribution in [0.4, 0.5) is 5.69 Å². The number of ether oxygens (including phenoxy) is 3. The van der Waals surface area contributed by atoms with Crippen molar-refractivity contribution in [2.24, 2.45) is 0 Å². The Labute approximate surface area is 229 Å². The van der Waals surface area contributed by atoms with Gasteiger partial charge in [0.15, 0.2) is 11.5 Å². The minimum absolute atomic E-state index is 0.00270. The molecule has 1 fully saturated rings. The standard InChI is InChI=1S/C32H35NO6/c1-18(2)21-8-12-24(13-9-21)33-29(22-10-15-26(37-6)27(17-22)38-7)28(31(35)32(33)36)30(34)23-11-14-25(20(5)16-23)39-19(3)4/h8-19,29,34H,1-7H3/b30-28-. The SMILES string of the molecule is COc1ccc(C2/C(=C(/O)c3ccc(OC(C)C)c(C)c3)C(=O)C(=O)N2c2ccc(C(C)C)cc2)cc1OC. The van der Waals surface area contributed by atoms with Crippen LogP contribution in [0.2, 0.25) is 0 Å². The molecule has 1 amide bonds. The molecular weight excluding hydrogens is 494 g/mol. The zero-order chi connectivity index (χ0) is 28.4. The predicted octanol–water partition coefficient (Wildman–Crippen LogP) is 6.55. The third-order valence-corrected chi connectivity index (χ3v) is 6.82. The number of aliphatic hydroxyl groups is 1. The number of anilines is 1. The second kappa shape index (κ2) is 11.2. The van der Waals surface area contributed by atoms with Crippen LogP contribution in [0.25, 0.3) is 5.76 Å². The van der Waals surface area contributed by atoms with E-state index in [1.54, 1.807) is 36.4 Å². The predicted molar refractivity (Wildman–Crippen MR) is 152 cm³/mol. The average molecular weight is 530 g/mol. The van der Waals surface area contributed by atoms with Gasteiger partial charge in [-0.15, -0.1) is 0 Å². The molecule has 39 heavy (non-hydrogen) atoms. The second-order valence-electron chi connectivity index (χ2n) is 10.2. The Morgan fingerprint density at radius 2 is 1.49 bits per heavy atom. The van der Waals surface area contributed by atoms with Crippen LogP contribution in [0.5, 0.6) is 17.2 Å². The van der Waals surface area contributed by atoms with E-state index < -0.39 is 17.7 Å². The molecule has 7 heteroatoms. The summed E-state index contributed by atoms with van der Waals surface area (Å²) in [6.45, 7) is 9.92. The smallest absolute Gasteiger partial charge is 0.300 e. The van der Waals surface area contributed by atoms with E-state index in [-0.39, 0.29) is 17.4 Å². The number of hydrogen-bond donors (Lipinski definition) is 1. The molecule has 1 unspecified atom stereocenters. The molecule has 7 nitrogen and oxygen atoms in total. The van der Waals surface area contributed by atoms with Gasteiger partial charge in [0.05, 0.1) is 31.9 Å². The fourth-order valence-corrected chi connectivity index (χ4v) is 4.80. The minimum atomic E-state index is -0.887. The van der Waals surface area contributed by atoms with Gasteiger partial charge in [-0.25, -0.2) is 0 Å². The van der Waals surface area contributed by atoms with Crippen LogP contribution < -0.4 is 19.1 Å². The van der Waals surface area contributed by atoms with E-state index in [0.29, 0.717) is 40.0 Å². The lowest BCUT2D eigenvalue weighted by molar-refractivity contribution is -0.132. The third-order valence-electron chi connectivity index (χ3n) is 6.82. The number of benzene rings is 3. The molecule has 1 aliphatic rings. The fraction of sp³-hybridized carbons (Fsp3) is 0.312. The van der Waals surface area contributed by atoms with E-state index in [1.807, 2.05) is 45.0 Å². The number of carbonyl (C=O) groups is 2. The van der Waals surface area contributed by atoms with Gasteiger partial charge < -0.3 is 19.3 Å². The van der Waals surface area contributed by atoms with Gasteiger partial charge in [0.2, 0.25) is 0 Å². The van der Waals surface area contributed by atoms with E-state index in [9.17, 15) is 14.7 Å². The molecule has 1 saturated heterocycles. The Balaban J connectivity index is 1.91. The van der Waals surface area contributed by atoms with Crippen molar-refractivity contribution >= 4 is 23.1 Å². The molecule has 4 rings (SSSR count). The summed E-state index contributed by atoms with van der Waals surface area (Å²) in [5, 5.41) is 11.5. The van der Waals surface area contributed by atoms with Gasteiger partial charge in [0.1, 0.15) is 11.5 Å². The summed E-state index contributed by atoms with van der Waals surface area (Å²) in [5.74, 6) is 0.211. The van der Waals surface area contributed by atoms with Gasteiger partial charge in [-0.05, 0) is 85.8 Å². The number of aliphatic hydroxyl groups excluding tert-OH is 1. The maximum absolute atomic E-state index is 13.5. The van der Waals surface area contributed by atoms with Crippen molar-refractivity contribution < 1.29 is 28.9 Å². The van der Waals surface area contributed by atoms with Gasteiger partial charge in [0.25, 0.3) is 11.7 Å². The molecule has 3 aromatic rings. The molecule has 0 saturated carbocycles. The lowest BCUT2D eigenvalue weighted by Gasteiger charge is -2.26. The first kappa shape index (κ1) is 27.8. The van der Waals surface area contributed by atoms with E-state index in [4.69, 9.17) is 14.2 Å². The molecule has 1 aliphatic heterocycles. The quantitative estimate of drug-likeness (QED) is 0.202. The molecule has 1 atom stereocenters. The number of amides is 1. The summed E-state index contributed by atoms with van der Waals surface area (Å²) in [6, 6.07) is 17.1. The highest BCUT2D eigenvalue weighted by Gasteiger charge is 2.47. The first-order valence-electron chi connectivity index (χ1n) is 13.0. The molecule has 0 bridgehead atoms. The highest BCUT2D eigenvalue weighted by Crippen LogP contribution is 2.44. The minimum Gasteiger partial charge on any atom is -0.507 e. The van der Waals surface area contributed by atoms with Crippen LogP contribution in [0, 0.1) is 6.92 Å². The van der Waals surface area contributed by atoms with Crippen molar-refractivity contribution in [3.8, 4) is 17.2 Å². The maximum Gasteiger partial charge on any atom is 0.300 e. The van der Waals surface area contributed by atoms with E-state index in [0.717, 1.165) is 11.1 Å². The van der Waals surface area contributed by atoms with Crippen molar-refractivity contribution in [2.45, 2.75) is 52.7 Å². The second-order valence-corrected chi connectivity index (χ2v) is 10.2. The third kappa shape index (κ3) is 5.35. The normalized spacial score (nSPS) is 16.7. The summed E-state index contributed by atoms with van der Waals surface area (Å²) < 4.78 is 16.7. The van der Waals surface area contributed by atoms with E-state index >= 15 is 0 Å². The molecule has 0 aliphatic carbocycles. The average Bonchev–Trinajstić information content (AvgIpc) is 3.18. The van der Waals surface area contributed by atoms with Crippen LogP contribution in [-0.4, -0.2) is 37.1 Å². The van der Waals surface area contributed by atoms with Crippen molar-refractivity contribution in [3.63, 3.8) is 0 Å². The van der Waals surface area contributed by atoms with Crippen molar-refractivity contribution in [1.82, 2.24) is 0 Å². The summed E-state index contributed by atoms with van der Waals surface area (Å²) in [7, 11) is 3.06. The number of hydrogen-bond acceptors (Lipinski definition) is 6. The topological polar surface area (TPSA) is 85.3 Å². The van der Waals surface area contributed by atoms with Gasteiger partial charge in [-0.1, -0.05) is 32.0 Å². The van der Waals surface area contributed by atoms with E-state index in [2.05, 4.69) is 13.8 Å². The monoisotopic (exact) mass is 529 g/mol. The van der Waals surface area contributed by atoms with Crippen LogP contribution in [0.3, 0.4) is 0 Å². The number of nitrogens with zero attached hydrogens (tertiary/aromatic N) is 1. The Kier molecular flexibility index (Phi) is 8.00. The van der Waals surface area contributed by atoms with Gasteiger partial charge in [-0.3, -0.25) is 14.5 Å². The fourth-order valence-electron chi connectivity index (χ4n) is 4.80. The number of Topliss-reactive ketones (excluding diaryl/α,β-unsaturated/α-hetero) is 1. The Morgan fingerprint density at radius 3 is 2.05 bits per heavy atom. The summed E-state index contributed by atoms with van der Waals surface area (Å²) in [6.07, 6.45) is -0.0133. The molecule has 3 aromatic carbocycles. The maximum atomic E-state index is 13.5. The first-order valence-corrected chi connectivity index (χ1v) is 13.0. The molecule has 0 aromatic heterocycles. The molecule has 0 spiro atoms. The van der Waals surface area contributed by atoms with Crippen molar-refractivity contribution in [3.05, 3.63) is 88.5 Å². The van der Waals surface area contributed by atoms with Gasteiger partial charge in [-0.2, -0.15) is 0 Å². The number of ketones is 1. The van der Waals surface area contributed by atoms with Crippen molar-refractivity contribution in [1.29, 1.82) is 0 Å². The summed E-state index contributed by atoms with van der Waals surface area (Å²) in [4.78, 5) is 28.5. The lowest BCUT2D eigenvalue weighted by Crippen LogP contribution is -2.29. The first-order chi connectivity index (χ1) is 18.6. The molecular formula is C32H35NO6. The number of rotatable bonds is 8. The highest BCUT2D eigenvalue weighted by atomic mass is 16.5. The Bertz CT molecular complexity index is 1420. The van der Waals surface area contributed by atoms with Gasteiger partial charge >= 0.3 is 0 Å². The Hall–Kier alpha value is -4.26. The van der Waals surface area contributed by atoms with Crippen LogP contribution in [-0.2, 0) is 9.59 Å². The number of methoxy groups -OCH3 is 2. The Morgan fingerprint density at radius 1 is 0.846 bits per heavy atom. The molecule has 1 heterocycles. The zero-order valence-corrected chi connectivity index (χ0v) is 23.4. The lowest BCUT2D eigenvalue weighted by atomic mass is 9.94. The molecule has 204 valence electrons. The summed E-state index contributed by atoms with van der Waals surface area (Å²) in [5.41, 5.74) is 3.47.